The monoisotopic (exact) mass is 450 g/mol. The number of fused-ring (bicyclic) bond motifs is 1. The number of carbonyl (C=O) groups is 1. The highest BCUT2D eigenvalue weighted by atomic mass is 35.5. The molecular formula is C19H16Cl2N4O3S. The molecule has 0 saturated heterocycles. The van der Waals surface area contributed by atoms with E-state index in [0.29, 0.717) is 15.6 Å². The maximum Gasteiger partial charge on any atom is 0.339 e. The van der Waals surface area contributed by atoms with Crippen LogP contribution in [-0.2, 0) is 30.2 Å². The quantitative estimate of drug-likeness (QED) is 0.600. The van der Waals surface area contributed by atoms with Gasteiger partial charge in [0.1, 0.15) is 5.69 Å². The summed E-state index contributed by atoms with van der Waals surface area (Å²) >= 11 is 11.8. The Kier molecular flexibility index (Phi) is 5.02. The van der Waals surface area contributed by atoms with E-state index in [4.69, 9.17) is 23.2 Å². The van der Waals surface area contributed by atoms with Crippen molar-refractivity contribution >= 4 is 44.9 Å². The summed E-state index contributed by atoms with van der Waals surface area (Å²) in [5.41, 5.74) is 1.70. The van der Waals surface area contributed by atoms with Gasteiger partial charge < -0.3 is 0 Å². The number of aromatic nitrogens is 2. The van der Waals surface area contributed by atoms with Gasteiger partial charge in [0.05, 0.1) is 19.3 Å². The highest BCUT2D eigenvalue weighted by Gasteiger charge is 2.44. The molecule has 2 heterocycles. The molecule has 0 N–H and O–H groups in total. The zero-order chi connectivity index (χ0) is 20.8. The van der Waals surface area contributed by atoms with E-state index in [1.807, 2.05) is 0 Å². The van der Waals surface area contributed by atoms with E-state index in [1.165, 1.54) is 22.8 Å². The summed E-state index contributed by atoms with van der Waals surface area (Å²) in [7, 11) is -2.54. The second-order valence-corrected chi connectivity index (χ2v) is 9.24. The number of aryl methyl sites for hydroxylation is 1. The number of hydrogen-bond acceptors (Lipinski definition) is 4. The minimum absolute atomic E-state index is 0.0278. The average Bonchev–Trinajstić information content (AvgIpc) is 3.08. The van der Waals surface area contributed by atoms with E-state index in [2.05, 4.69) is 5.10 Å². The smallest absolute Gasteiger partial charge is 0.285 e. The van der Waals surface area contributed by atoms with Gasteiger partial charge in [-0.2, -0.15) is 13.5 Å². The van der Waals surface area contributed by atoms with Gasteiger partial charge in [0.15, 0.2) is 5.03 Å². The van der Waals surface area contributed by atoms with Crippen LogP contribution in [-0.4, -0.2) is 28.5 Å². The molecule has 3 aromatic rings. The molecular weight excluding hydrogens is 435 g/mol. The maximum atomic E-state index is 13.2. The van der Waals surface area contributed by atoms with Crippen LogP contribution >= 0.6 is 23.2 Å². The van der Waals surface area contributed by atoms with Crippen molar-refractivity contribution in [3.8, 4) is 0 Å². The fourth-order valence-electron chi connectivity index (χ4n) is 3.18. The minimum Gasteiger partial charge on any atom is -0.285 e. The Morgan fingerprint density at radius 2 is 1.41 bits per heavy atom. The van der Waals surface area contributed by atoms with Crippen LogP contribution in [0.25, 0.3) is 0 Å². The number of halogens is 2. The third-order valence-electron chi connectivity index (χ3n) is 4.63. The number of rotatable bonds is 4. The molecule has 1 aliphatic heterocycles. The predicted molar refractivity (Wildman–Crippen MR) is 110 cm³/mol. The Balaban J connectivity index is 1.76. The molecule has 0 radical (unpaired) electrons. The molecule has 0 bridgehead atoms. The van der Waals surface area contributed by atoms with Gasteiger partial charge in [0, 0.05) is 17.1 Å². The van der Waals surface area contributed by atoms with Gasteiger partial charge in [0.2, 0.25) is 0 Å². The third-order valence-corrected chi connectivity index (χ3v) is 6.96. The van der Waals surface area contributed by atoms with Gasteiger partial charge in [-0.25, -0.2) is 9.10 Å². The summed E-state index contributed by atoms with van der Waals surface area (Å²) in [6, 6.07) is 13.1. The molecule has 29 heavy (non-hydrogen) atoms. The van der Waals surface area contributed by atoms with Crippen LogP contribution in [0, 0.1) is 0 Å². The van der Waals surface area contributed by atoms with E-state index >= 15 is 0 Å². The highest BCUT2D eigenvalue weighted by Crippen LogP contribution is 2.36. The summed E-state index contributed by atoms with van der Waals surface area (Å²) in [6.07, 6.45) is 1.39. The molecule has 2 aromatic carbocycles. The zero-order valence-corrected chi connectivity index (χ0v) is 17.6. The Hall–Kier alpha value is -2.55. The molecule has 7 nitrogen and oxygen atoms in total. The highest BCUT2D eigenvalue weighted by molar-refractivity contribution is 7.89. The van der Waals surface area contributed by atoms with Gasteiger partial charge in [0.25, 0.3) is 10.0 Å². The largest absolute Gasteiger partial charge is 0.339 e. The standard InChI is InChI=1S/C19H16Cl2N4O3S/c1-23-18-17(10-22-23)24(11-13-2-6-15(20)7-3-13)19(26)25(29(18,27)28)12-14-4-8-16(21)9-5-14/h2-10H,11-12H2,1H3. The molecule has 0 unspecified atom stereocenters. The van der Waals surface area contributed by atoms with E-state index in [0.717, 1.165) is 9.87 Å². The fourth-order valence-corrected chi connectivity index (χ4v) is 5.07. The molecule has 10 heteroatoms. The maximum absolute atomic E-state index is 13.2. The fraction of sp³-hybridized carbons (Fsp3) is 0.158. The third kappa shape index (κ3) is 3.59. The summed E-state index contributed by atoms with van der Waals surface area (Å²) in [5.74, 6) is 0. The molecule has 0 aliphatic carbocycles. The number of anilines is 1. The number of sulfonamides is 1. The first-order chi connectivity index (χ1) is 13.8. The minimum atomic E-state index is -4.07. The number of amides is 2. The number of carbonyl (C=O) groups excluding carboxylic acids is 1. The van der Waals surface area contributed by atoms with Crippen molar-refractivity contribution in [2.75, 3.05) is 4.90 Å². The van der Waals surface area contributed by atoms with E-state index in [-0.39, 0.29) is 23.8 Å². The van der Waals surface area contributed by atoms with Crippen molar-refractivity contribution < 1.29 is 13.2 Å². The van der Waals surface area contributed by atoms with Crippen LogP contribution < -0.4 is 4.90 Å². The number of hydrogen-bond donors (Lipinski definition) is 0. The van der Waals surface area contributed by atoms with Crippen LogP contribution in [0.5, 0.6) is 0 Å². The summed E-state index contributed by atoms with van der Waals surface area (Å²) in [5, 5.41) is 5.14. The van der Waals surface area contributed by atoms with Crippen molar-refractivity contribution in [3.05, 3.63) is 75.9 Å². The topological polar surface area (TPSA) is 75.5 Å². The van der Waals surface area contributed by atoms with Crippen molar-refractivity contribution in [3.63, 3.8) is 0 Å². The lowest BCUT2D eigenvalue weighted by molar-refractivity contribution is 0.225. The van der Waals surface area contributed by atoms with E-state index < -0.39 is 16.1 Å². The summed E-state index contributed by atoms with van der Waals surface area (Å²) in [6.45, 7) is 0.0708. The van der Waals surface area contributed by atoms with Crippen LogP contribution in [0.1, 0.15) is 11.1 Å². The first-order valence-electron chi connectivity index (χ1n) is 8.62. The van der Waals surface area contributed by atoms with Crippen LogP contribution in [0.2, 0.25) is 10.0 Å². The summed E-state index contributed by atoms with van der Waals surface area (Å²) in [4.78, 5) is 14.6. The van der Waals surface area contributed by atoms with E-state index in [9.17, 15) is 13.2 Å². The molecule has 0 atom stereocenters. The van der Waals surface area contributed by atoms with Crippen molar-refractivity contribution in [2.45, 2.75) is 18.1 Å². The molecule has 0 saturated carbocycles. The molecule has 0 spiro atoms. The van der Waals surface area contributed by atoms with Crippen molar-refractivity contribution in [1.82, 2.24) is 14.1 Å². The van der Waals surface area contributed by atoms with Gasteiger partial charge in [-0.3, -0.25) is 9.58 Å². The molecule has 1 aromatic heterocycles. The Morgan fingerprint density at radius 3 is 1.97 bits per heavy atom. The summed E-state index contributed by atoms with van der Waals surface area (Å²) < 4.78 is 28.5. The lowest BCUT2D eigenvalue weighted by Crippen LogP contribution is -2.50. The first-order valence-corrected chi connectivity index (χ1v) is 10.8. The Bertz CT molecular complexity index is 1180. The Morgan fingerprint density at radius 1 is 0.897 bits per heavy atom. The molecule has 2 amide bonds. The van der Waals surface area contributed by atoms with Crippen LogP contribution in [0.15, 0.2) is 59.8 Å². The van der Waals surface area contributed by atoms with Crippen molar-refractivity contribution in [1.29, 1.82) is 0 Å². The van der Waals surface area contributed by atoms with Gasteiger partial charge in [-0.15, -0.1) is 0 Å². The predicted octanol–water partition coefficient (Wildman–Crippen LogP) is 4.06. The zero-order valence-electron chi connectivity index (χ0n) is 15.3. The number of nitrogens with zero attached hydrogens (tertiary/aromatic N) is 4. The SMILES string of the molecule is Cn1ncc2c1S(=O)(=O)N(Cc1ccc(Cl)cc1)C(=O)N2Cc1ccc(Cl)cc1. The molecule has 0 fully saturated rings. The normalized spacial score (nSPS) is 15.5. The molecule has 1 aliphatic rings. The second kappa shape index (κ2) is 7.37. The number of benzene rings is 2. The van der Waals surface area contributed by atoms with Gasteiger partial charge >= 0.3 is 6.03 Å². The van der Waals surface area contributed by atoms with Crippen LogP contribution in [0.3, 0.4) is 0 Å². The number of urea groups is 1. The van der Waals surface area contributed by atoms with E-state index in [1.54, 1.807) is 48.5 Å². The van der Waals surface area contributed by atoms with Crippen LogP contribution in [0.4, 0.5) is 10.5 Å². The first kappa shape index (κ1) is 19.8. The average molecular weight is 451 g/mol. The molecule has 4 rings (SSSR count). The Labute approximate surface area is 178 Å². The van der Waals surface area contributed by atoms with Gasteiger partial charge in [-0.1, -0.05) is 47.5 Å². The lowest BCUT2D eigenvalue weighted by Gasteiger charge is -2.34. The van der Waals surface area contributed by atoms with Crippen molar-refractivity contribution in [2.24, 2.45) is 7.05 Å². The molecule has 150 valence electrons. The second-order valence-electron chi connectivity index (χ2n) is 6.59. The lowest BCUT2D eigenvalue weighted by atomic mass is 10.2. The van der Waals surface area contributed by atoms with Gasteiger partial charge in [-0.05, 0) is 35.4 Å².